The molecule has 6 nitrogen and oxygen atoms in total. The van der Waals surface area contributed by atoms with Crippen LogP contribution in [0.5, 0.6) is 11.6 Å². The Morgan fingerprint density at radius 3 is 2.33 bits per heavy atom. The van der Waals surface area contributed by atoms with E-state index in [-0.39, 0.29) is 4.90 Å². The fourth-order valence-corrected chi connectivity index (χ4v) is 4.35. The molecule has 0 aliphatic carbocycles. The first-order valence-corrected chi connectivity index (χ1v) is 10.8. The number of fused-ring (bicyclic) bond motifs is 1. The van der Waals surface area contributed by atoms with Crippen molar-refractivity contribution in [2.45, 2.75) is 18.7 Å². The summed E-state index contributed by atoms with van der Waals surface area (Å²) in [6.45, 7) is 3.85. The van der Waals surface area contributed by atoms with Crippen LogP contribution in [0.3, 0.4) is 0 Å². The lowest BCUT2D eigenvalue weighted by molar-refractivity contribution is 0.468. The van der Waals surface area contributed by atoms with Gasteiger partial charge < -0.3 is 4.74 Å². The summed E-state index contributed by atoms with van der Waals surface area (Å²) >= 11 is 0. The second kappa shape index (κ2) is 7.76. The number of aromatic nitrogens is 2. The Morgan fingerprint density at radius 2 is 1.60 bits per heavy atom. The Balaban J connectivity index is 1.59. The Hall–Kier alpha value is -3.45. The van der Waals surface area contributed by atoms with E-state index in [2.05, 4.69) is 9.97 Å². The molecule has 0 radical (unpaired) electrons. The van der Waals surface area contributed by atoms with Gasteiger partial charge in [0.1, 0.15) is 12.1 Å². The minimum absolute atomic E-state index is 0.265. The van der Waals surface area contributed by atoms with Crippen molar-refractivity contribution in [3.05, 3.63) is 84.2 Å². The maximum absolute atomic E-state index is 13.0. The number of ether oxygens (including phenoxy) is 1. The van der Waals surface area contributed by atoms with Crippen LogP contribution < -0.4 is 9.04 Å². The van der Waals surface area contributed by atoms with Crippen LogP contribution in [-0.4, -0.2) is 25.4 Å². The van der Waals surface area contributed by atoms with Crippen LogP contribution in [0.2, 0.25) is 0 Å². The quantitative estimate of drug-likeness (QED) is 0.462. The van der Waals surface area contributed by atoms with Gasteiger partial charge in [0.15, 0.2) is 0 Å². The van der Waals surface area contributed by atoms with Crippen molar-refractivity contribution < 1.29 is 13.2 Å². The summed E-state index contributed by atoms with van der Waals surface area (Å²) in [5.74, 6) is 1.00. The maximum atomic E-state index is 13.0. The van der Waals surface area contributed by atoms with Crippen LogP contribution in [0.15, 0.2) is 78.0 Å². The molecule has 0 N–H and O–H groups in total. The molecule has 0 fully saturated rings. The number of anilines is 1. The minimum Gasteiger partial charge on any atom is -0.438 e. The van der Waals surface area contributed by atoms with E-state index >= 15 is 0 Å². The fourth-order valence-electron chi connectivity index (χ4n) is 3.07. The topological polar surface area (TPSA) is 72.4 Å². The van der Waals surface area contributed by atoms with E-state index in [0.717, 1.165) is 22.0 Å². The van der Waals surface area contributed by atoms with Crippen molar-refractivity contribution in [3.8, 4) is 11.6 Å². The Labute approximate surface area is 175 Å². The van der Waals surface area contributed by atoms with Gasteiger partial charge >= 0.3 is 0 Å². The predicted octanol–water partition coefficient (Wildman–Crippen LogP) is 4.86. The highest BCUT2D eigenvalue weighted by Gasteiger charge is 2.21. The summed E-state index contributed by atoms with van der Waals surface area (Å²) in [4.78, 5) is 8.70. The Morgan fingerprint density at radius 1 is 0.867 bits per heavy atom. The molecule has 0 saturated heterocycles. The zero-order valence-corrected chi connectivity index (χ0v) is 17.7. The monoisotopic (exact) mass is 419 g/mol. The molecule has 0 unspecified atom stereocenters. The molecule has 0 bridgehead atoms. The molecule has 4 rings (SSSR count). The number of sulfonamides is 1. The van der Waals surface area contributed by atoms with Gasteiger partial charge in [0, 0.05) is 7.05 Å². The van der Waals surface area contributed by atoms with Crippen LogP contribution in [0, 0.1) is 13.8 Å². The van der Waals surface area contributed by atoms with E-state index in [0.29, 0.717) is 17.3 Å². The molecule has 1 aromatic heterocycles. The van der Waals surface area contributed by atoms with E-state index in [1.165, 1.54) is 17.7 Å². The predicted molar refractivity (Wildman–Crippen MR) is 118 cm³/mol. The molecule has 0 amide bonds. The maximum Gasteiger partial charge on any atom is 0.264 e. The van der Waals surface area contributed by atoms with Crippen molar-refractivity contribution in [1.82, 2.24) is 9.97 Å². The summed E-state index contributed by atoms with van der Waals surface area (Å²) in [7, 11) is -2.12. The molecule has 0 aliphatic heterocycles. The zero-order chi connectivity index (χ0) is 21.3. The third kappa shape index (κ3) is 3.71. The SMILES string of the molecule is Cc1ccc(S(=O)(=O)N(C)c2ccc(Oc3ncnc4ccccc34)cc2)cc1C. The fraction of sp³-hybridized carbons (Fsp3) is 0.130. The second-order valence-corrected chi connectivity index (χ2v) is 8.98. The highest BCUT2D eigenvalue weighted by Crippen LogP contribution is 2.29. The van der Waals surface area contributed by atoms with Gasteiger partial charge in [0.2, 0.25) is 5.88 Å². The van der Waals surface area contributed by atoms with E-state index in [4.69, 9.17) is 4.74 Å². The normalized spacial score (nSPS) is 11.4. The average Bonchev–Trinajstić information content (AvgIpc) is 2.76. The first-order valence-electron chi connectivity index (χ1n) is 9.40. The minimum atomic E-state index is -3.66. The number of rotatable bonds is 5. The van der Waals surface area contributed by atoms with E-state index < -0.39 is 10.0 Å². The van der Waals surface area contributed by atoms with Gasteiger partial charge in [-0.25, -0.2) is 18.4 Å². The summed E-state index contributed by atoms with van der Waals surface area (Å²) in [6, 6.07) is 19.6. The van der Waals surface area contributed by atoms with E-state index in [1.54, 1.807) is 36.4 Å². The Bertz CT molecular complexity index is 1310. The molecular formula is C23H21N3O3S. The van der Waals surface area contributed by atoms with Crippen molar-refractivity contribution >= 4 is 26.6 Å². The van der Waals surface area contributed by atoms with Crippen molar-refractivity contribution in [3.63, 3.8) is 0 Å². The Kier molecular flexibility index (Phi) is 5.13. The molecular weight excluding hydrogens is 398 g/mol. The third-order valence-corrected chi connectivity index (χ3v) is 6.84. The smallest absolute Gasteiger partial charge is 0.264 e. The number of hydrogen-bond donors (Lipinski definition) is 0. The lowest BCUT2D eigenvalue weighted by Gasteiger charge is -2.20. The first kappa shape index (κ1) is 19.8. The number of aryl methyl sites for hydroxylation is 2. The molecule has 7 heteroatoms. The molecule has 4 aromatic rings. The first-order chi connectivity index (χ1) is 14.4. The van der Waals surface area contributed by atoms with Crippen LogP contribution in [0.4, 0.5) is 5.69 Å². The van der Waals surface area contributed by atoms with E-state index in [1.807, 2.05) is 44.2 Å². The van der Waals surface area contributed by atoms with Crippen molar-refractivity contribution in [2.75, 3.05) is 11.4 Å². The van der Waals surface area contributed by atoms with Crippen LogP contribution in [-0.2, 0) is 10.0 Å². The van der Waals surface area contributed by atoms with Crippen LogP contribution in [0.1, 0.15) is 11.1 Å². The second-order valence-electron chi connectivity index (χ2n) is 7.01. The number of nitrogens with zero attached hydrogens (tertiary/aromatic N) is 3. The van der Waals surface area contributed by atoms with Gasteiger partial charge in [-0.15, -0.1) is 0 Å². The molecule has 1 heterocycles. The number of hydrogen-bond acceptors (Lipinski definition) is 5. The van der Waals surface area contributed by atoms with Crippen LogP contribution >= 0.6 is 0 Å². The molecule has 30 heavy (non-hydrogen) atoms. The van der Waals surface area contributed by atoms with Crippen molar-refractivity contribution in [2.24, 2.45) is 0 Å². The van der Waals surface area contributed by atoms with Gasteiger partial charge in [0.25, 0.3) is 10.0 Å². The molecule has 3 aromatic carbocycles. The lowest BCUT2D eigenvalue weighted by Crippen LogP contribution is -2.26. The molecule has 0 aliphatic rings. The van der Waals surface area contributed by atoms with Crippen LogP contribution in [0.25, 0.3) is 10.9 Å². The van der Waals surface area contributed by atoms with E-state index in [9.17, 15) is 8.42 Å². The lowest BCUT2D eigenvalue weighted by atomic mass is 10.1. The number of benzene rings is 3. The van der Waals surface area contributed by atoms with Gasteiger partial charge in [-0.05, 0) is 73.5 Å². The summed E-state index contributed by atoms with van der Waals surface area (Å²) in [6.07, 6.45) is 1.45. The largest absolute Gasteiger partial charge is 0.438 e. The molecule has 0 saturated carbocycles. The summed E-state index contributed by atoms with van der Waals surface area (Å²) < 4.78 is 33.2. The van der Waals surface area contributed by atoms with Crippen molar-refractivity contribution in [1.29, 1.82) is 0 Å². The van der Waals surface area contributed by atoms with Gasteiger partial charge in [-0.3, -0.25) is 4.31 Å². The third-order valence-electron chi connectivity index (χ3n) is 5.06. The van der Waals surface area contributed by atoms with Gasteiger partial charge in [-0.1, -0.05) is 18.2 Å². The molecule has 0 atom stereocenters. The molecule has 0 spiro atoms. The highest BCUT2D eigenvalue weighted by molar-refractivity contribution is 7.92. The van der Waals surface area contributed by atoms with Gasteiger partial charge in [0.05, 0.1) is 21.5 Å². The van der Waals surface area contributed by atoms with Gasteiger partial charge in [-0.2, -0.15) is 0 Å². The average molecular weight is 420 g/mol. The highest BCUT2D eigenvalue weighted by atomic mass is 32.2. The standard InChI is InChI=1S/C23H21N3O3S/c1-16-8-13-20(14-17(16)2)30(27,28)26(3)18-9-11-19(12-10-18)29-23-21-6-4-5-7-22(21)24-15-25-23/h4-15H,1-3H3. The summed E-state index contributed by atoms with van der Waals surface area (Å²) in [5, 5.41) is 0.804. The molecule has 152 valence electrons. The zero-order valence-electron chi connectivity index (χ0n) is 16.9. The number of para-hydroxylation sites is 1. The summed E-state index contributed by atoms with van der Waals surface area (Å²) in [5.41, 5.74) is 3.31.